The predicted molar refractivity (Wildman–Crippen MR) is 90.4 cm³/mol. The van der Waals surface area contributed by atoms with Crippen LogP contribution in [0.1, 0.15) is 48.8 Å². The Morgan fingerprint density at radius 2 is 1.96 bits per heavy atom. The van der Waals surface area contributed by atoms with E-state index in [4.69, 9.17) is 0 Å². The van der Waals surface area contributed by atoms with Crippen LogP contribution in [0.15, 0.2) is 24.5 Å². The van der Waals surface area contributed by atoms with Gasteiger partial charge in [-0.05, 0) is 58.2 Å². The van der Waals surface area contributed by atoms with Crippen molar-refractivity contribution in [2.24, 2.45) is 0 Å². The topological polar surface area (TPSA) is 43.1 Å². The third-order valence-electron chi connectivity index (χ3n) is 4.88. The molecule has 0 bridgehead atoms. The highest BCUT2D eigenvalue weighted by atomic mass is 16.2. The van der Waals surface area contributed by atoms with E-state index in [0.717, 1.165) is 37.3 Å². The van der Waals surface area contributed by atoms with Crippen LogP contribution in [0.2, 0.25) is 0 Å². The number of aryl methyl sites for hydroxylation is 3. The zero-order valence-corrected chi connectivity index (χ0v) is 14.5. The van der Waals surface area contributed by atoms with Crippen molar-refractivity contribution in [3.8, 4) is 0 Å². The molecule has 0 spiro atoms. The predicted octanol–water partition coefficient (Wildman–Crippen LogP) is 3.03. The number of carbonyl (C=O) groups excluding carboxylic acids is 1. The molecular formula is C18H26N4O. The summed E-state index contributed by atoms with van der Waals surface area (Å²) >= 11 is 0. The number of carbonyl (C=O) groups is 1. The Labute approximate surface area is 137 Å². The van der Waals surface area contributed by atoms with Gasteiger partial charge in [0.05, 0.1) is 12.2 Å². The maximum atomic E-state index is 13.0. The molecule has 1 fully saturated rings. The molecule has 5 heteroatoms. The average molecular weight is 314 g/mol. The Morgan fingerprint density at radius 1 is 1.26 bits per heavy atom. The van der Waals surface area contributed by atoms with Gasteiger partial charge in [0.1, 0.15) is 6.04 Å². The molecule has 0 aliphatic carbocycles. The van der Waals surface area contributed by atoms with Gasteiger partial charge in [-0.1, -0.05) is 0 Å². The Hall–Kier alpha value is -2.04. The maximum Gasteiger partial charge on any atom is 0.245 e. The van der Waals surface area contributed by atoms with Gasteiger partial charge in [0.2, 0.25) is 5.91 Å². The van der Waals surface area contributed by atoms with E-state index in [1.165, 1.54) is 5.56 Å². The summed E-state index contributed by atoms with van der Waals surface area (Å²) in [5.41, 5.74) is 3.44. The first-order valence-corrected chi connectivity index (χ1v) is 8.41. The quantitative estimate of drug-likeness (QED) is 0.874. The highest BCUT2D eigenvalue weighted by Crippen LogP contribution is 2.25. The maximum absolute atomic E-state index is 13.0. The van der Waals surface area contributed by atoms with E-state index in [1.807, 2.05) is 22.7 Å². The van der Waals surface area contributed by atoms with Crippen molar-refractivity contribution in [3.05, 3.63) is 41.5 Å². The molecule has 5 nitrogen and oxygen atoms in total. The molecule has 1 aliphatic heterocycles. The Bertz CT molecular complexity index is 680. The zero-order valence-electron chi connectivity index (χ0n) is 14.5. The van der Waals surface area contributed by atoms with Crippen LogP contribution in [0, 0.1) is 20.8 Å². The molecule has 3 rings (SSSR count). The lowest BCUT2D eigenvalue weighted by atomic mass is 10.0. The van der Waals surface area contributed by atoms with Gasteiger partial charge in [-0.3, -0.25) is 9.48 Å². The number of piperidine rings is 1. The third-order valence-corrected chi connectivity index (χ3v) is 4.88. The Morgan fingerprint density at radius 3 is 2.57 bits per heavy atom. The molecule has 1 amide bonds. The molecule has 2 aromatic heterocycles. The van der Waals surface area contributed by atoms with E-state index < -0.39 is 0 Å². The van der Waals surface area contributed by atoms with Gasteiger partial charge in [0.15, 0.2) is 0 Å². The summed E-state index contributed by atoms with van der Waals surface area (Å²) in [6, 6.07) is 4.29. The van der Waals surface area contributed by atoms with E-state index in [9.17, 15) is 4.79 Å². The van der Waals surface area contributed by atoms with Gasteiger partial charge in [0, 0.05) is 30.7 Å². The van der Waals surface area contributed by atoms with Gasteiger partial charge in [-0.15, -0.1) is 0 Å². The molecule has 3 heterocycles. The van der Waals surface area contributed by atoms with Crippen LogP contribution in [-0.2, 0) is 4.79 Å². The Kier molecular flexibility index (Phi) is 4.28. The molecule has 0 aromatic carbocycles. The smallest absolute Gasteiger partial charge is 0.245 e. The molecule has 2 atom stereocenters. The summed E-state index contributed by atoms with van der Waals surface area (Å²) in [7, 11) is 0. The monoisotopic (exact) mass is 314 g/mol. The van der Waals surface area contributed by atoms with E-state index in [0.29, 0.717) is 6.04 Å². The second-order valence-electron chi connectivity index (χ2n) is 6.74. The van der Waals surface area contributed by atoms with Crippen LogP contribution < -0.4 is 0 Å². The van der Waals surface area contributed by atoms with Gasteiger partial charge in [-0.2, -0.15) is 5.10 Å². The summed E-state index contributed by atoms with van der Waals surface area (Å²) < 4.78 is 4.15. The van der Waals surface area contributed by atoms with Crippen LogP contribution in [0.4, 0.5) is 0 Å². The van der Waals surface area contributed by atoms with Crippen molar-refractivity contribution < 1.29 is 4.79 Å². The van der Waals surface area contributed by atoms with Crippen molar-refractivity contribution in [2.75, 3.05) is 13.1 Å². The van der Waals surface area contributed by atoms with Gasteiger partial charge in [0.25, 0.3) is 0 Å². The van der Waals surface area contributed by atoms with Crippen molar-refractivity contribution >= 4 is 5.91 Å². The number of aromatic nitrogens is 3. The minimum Gasteiger partial charge on any atom is -0.339 e. The lowest BCUT2D eigenvalue weighted by Gasteiger charge is -2.35. The van der Waals surface area contributed by atoms with Crippen molar-refractivity contribution in [1.29, 1.82) is 0 Å². The minimum absolute atomic E-state index is 0.150. The van der Waals surface area contributed by atoms with Crippen LogP contribution >= 0.6 is 0 Å². The molecule has 0 N–H and O–H groups in total. The third kappa shape index (κ3) is 3.05. The molecule has 0 unspecified atom stereocenters. The molecule has 124 valence electrons. The summed E-state index contributed by atoms with van der Waals surface area (Å²) in [4.78, 5) is 15.0. The first kappa shape index (κ1) is 15.8. The van der Waals surface area contributed by atoms with Crippen LogP contribution in [-0.4, -0.2) is 38.2 Å². The molecule has 23 heavy (non-hydrogen) atoms. The second kappa shape index (κ2) is 6.22. The number of hydrogen-bond donors (Lipinski definition) is 0. The first-order valence-electron chi connectivity index (χ1n) is 8.41. The highest BCUT2D eigenvalue weighted by molar-refractivity contribution is 5.80. The van der Waals surface area contributed by atoms with E-state index in [1.54, 1.807) is 0 Å². The SMILES string of the molecule is Cc1cnn([C@H]2CCCN(C(=O)[C@@H](C)n3c(C)ccc3C)C2)c1. The van der Waals surface area contributed by atoms with Crippen LogP contribution in [0.5, 0.6) is 0 Å². The highest BCUT2D eigenvalue weighted by Gasteiger charge is 2.29. The standard InChI is InChI=1S/C18H26N4O/c1-13-10-19-21(11-13)17-6-5-9-20(12-17)18(23)16(4)22-14(2)7-8-15(22)3/h7-8,10-11,16-17H,5-6,9,12H2,1-4H3/t16-,17+/m1/s1. The molecule has 0 radical (unpaired) electrons. The fourth-order valence-corrected chi connectivity index (χ4v) is 3.67. The lowest BCUT2D eigenvalue weighted by Crippen LogP contribution is -2.43. The molecule has 1 saturated heterocycles. The van der Waals surface area contributed by atoms with Gasteiger partial charge in [-0.25, -0.2) is 0 Å². The molecular weight excluding hydrogens is 288 g/mol. The van der Waals surface area contributed by atoms with Crippen molar-refractivity contribution in [1.82, 2.24) is 19.2 Å². The summed E-state index contributed by atoms with van der Waals surface area (Å²) in [6.45, 7) is 9.77. The van der Waals surface area contributed by atoms with E-state index >= 15 is 0 Å². The normalized spacial score (nSPS) is 19.8. The fourth-order valence-electron chi connectivity index (χ4n) is 3.67. The average Bonchev–Trinajstić information content (AvgIpc) is 3.12. The minimum atomic E-state index is -0.150. The van der Waals surface area contributed by atoms with Crippen molar-refractivity contribution in [2.45, 2.75) is 52.6 Å². The molecule has 1 aliphatic rings. The second-order valence-corrected chi connectivity index (χ2v) is 6.74. The van der Waals surface area contributed by atoms with Crippen LogP contribution in [0.3, 0.4) is 0 Å². The van der Waals surface area contributed by atoms with Crippen molar-refractivity contribution in [3.63, 3.8) is 0 Å². The van der Waals surface area contributed by atoms with Gasteiger partial charge < -0.3 is 9.47 Å². The largest absolute Gasteiger partial charge is 0.339 e. The van der Waals surface area contributed by atoms with E-state index in [2.05, 4.69) is 48.8 Å². The van der Waals surface area contributed by atoms with Crippen LogP contribution in [0.25, 0.3) is 0 Å². The molecule has 2 aromatic rings. The summed E-state index contributed by atoms with van der Waals surface area (Å²) in [6.07, 6.45) is 6.07. The van der Waals surface area contributed by atoms with E-state index in [-0.39, 0.29) is 11.9 Å². The number of likely N-dealkylation sites (tertiary alicyclic amines) is 1. The number of nitrogens with zero attached hydrogens (tertiary/aromatic N) is 4. The molecule has 0 saturated carbocycles. The summed E-state index contributed by atoms with van der Waals surface area (Å²) in [5.74, 6) is 0.209. The Balaban J connectivity index is 1.74. The summed E-state index contributed by atoms with van der Waals surface area (Å²) in [5, 5.41) is 4.43. The zero-order chi connectivity index (χ0) is 16.6. The number of rotatable bonds is 3. The first-order chi connectivity index (χ1) is 11.0. The van der Waals surface area contributed by atoms with Gasteiger partial charge >= 0.3 is 0 Å². The number of amides is 1. The lowest BCUT2D eigenvalue weighted by molar-refractivity contribution is -0.136. The number of hydrogen-bond acceptors (Lipinski definition) is 2. The fraction of sp³-hybridized carbons (Fsp3) is 0.556.